The molecular formula is C32H38F3N3O3. The van der Waals surface area contributed by atoms with Gasteiger partial charge in [0.05, 0.1) is 35.7 Å². The number of rotatable bonds is 11. The zero-order chi connectivity index (χ0) is 29.6. The lowest BCUT2D eigenvalue weighted by Gasteiger charge is -2.35. The number of carbonyl (C=O) groups excluding carboxylic acids is 2. The zero-order valence-corrected chi connectivity index (χ0v) is 23.9. The van der Waals surface area contributed by atoms with Crippen molar-refractivity contribution in [2.75, 3.05) is 31.2 Å². The third-order valence-electron chi connectivity index (χ3n) is 8.16. The molecular weight excluding hydrogens is 531 g/mol. The highest BCUT2D eigenvalue weighted by molar-refractivity contribution is 6.01. The van der Waals surface area contributed by atoms with Crippen molar-refractivity contribution in [3.05, 3.63) is 71.0 Å². The Morgan fingerprint density at radius 1 is 1.17 bits per heavy atom. The number of aromatic nitrogens is 1. The number of aldehydes is 1. The molecule has 1 aliphatic carbocycles. The smallest absolute Gasteiger partial charge is 0.381 e. The first-order chi connectivity index (χ1) is 19.6. The number of benzene rings is 2. The molecule has 0 atom stereocenters. The van der Waals surface area contributed by atoms with Crippen LogP contribution in [0.4, 0.5) is 18.9 Å². The summed E-state index contributed by atoms with van der Waals surface area (Å²) >= 11 is 0. The number of anilines is 1. The minimum absolute atomic E-state index is 0.00574. The SMILES string of the molecule is CCOCC1(C=O)CCC(CNC(=O)c2cc(C(F)(F)F)cc(C)c2N(CC)Cc2nccc3ccccc23)CC1. The van der Waals surface area contributed by atoms with Crippen LogP contribution >= 0.6 is 0 Å². The number of ether oxygens (including phenoxy) is 1. The molecule has 0 unspecified atom stereocenters. The molecule has 2 aromatic carbocycles. The minimum atomic E-state index is -4.59. The van der Waals surface area contributed by atoms with Crippen LogP contribution in [0.1, 0.15) is 66.7 Å². The van der Waals surface area contributed by atoms with Crippen molar-refractivity contribution in [2.24, 2.45) is 11.3 Å². The summed E-state index contributed by atoms with van der Waals surface area (Å²) in [6.07, 6.45) is 0.895. The fraction of sp³-hybridized carbons (Fsp3) is 0.469. The van der Waals surface area contributed by atoms with Gasteiger partial charge in [-0.2, -0.15) is 13.2 Å². The normalized spacial score (nSPS) is 19.2. The van der Waals surface area contributed by atoms with E-state index in [0.29, 0.717) is 56.9 Å². The van der Waals surface area contributed by atoms with Crippen LogP contribution in [-0.4, -0.2) is 43.5 Å². The molecule has 0 spiro atoms. The van der Waals surface area contributed by atoms with Crippen LogP contribution in [0.5, 0.6) is 0 Å². The lowest BCUT2D eigenvalue weighted by Crippen LogP contribution is -2.38. The molecule has 41 heavy (non-hydrogen) atoms. The van der Waals surface area contributed by atoms with Gasteiger partial charge >= 0.3 is 6.18 Å². The highest BCUT2D eigenvalue weighted by atomic mass is 19.4. The highest BCUT2D eigenvalue weighted by Gasteiger charge is 2.36. The molecule has 0 aliphatic heterocycles. The number of pyridine rings is 1. The second kappa shape index (κ2) is 13.0. The number of nitrogens with one attached hydrogen (secondary N) is 1. The number of fused-ring (bicyclic) bond motifs is 1. The van der Waals surface area contributed by atoms with E-state index in [0.717, 1.165) is 47.7 Å². The Hall–Kier alpha value is -3.46. The number of hydrogen-bond donors (Lipinski definition) is 1. The maximum Gasteiger partial charge on any atom is 0.416 e. The van der Waals surface area contributed by atoms with E-state index in [9.17, 15) is 22.8 Å². The average molecular weight is 570 g/mol. The number of alkyl halides is 3. The van der Waals surface area contributed by atoms with E-state index >= 15 is 0 Å². The molecule has 1 fully saturated rings. The van der Waals surface area contributed by atoms with Gasteiger partial charge in [0.1, 0.15) is 6.29 Å². The van der Waals surface area contributed by atoms with E-state index < -0.39 is 23.1 Å². The Morgan fingerprint density at radius 2 is 1.90 bits per heavy atom. The van der Waals surface area contributed by atoms with Gasteiger partial charge in [-0.25, -0.2) is 0 Å². The lowest BCUT2D eigenvalue weighted by molar-refractivity contribution is -0.137. The van der Waals surface area contributed by atoms with Crippen molar-refractivity contribution in [1.29, 1.82) is 0 Å². The molecule has 1 aliphatic rings. The van der Waals surface area contributed by atoms with Gasteiger partial charge in [0, 0.05) is 36.7 Å². The largest absolute Gasteiger partial charge is 0.416 e. The molecule has 4 rings (SSSR count). The maximum absolute atomic E-state index is 13.8. The van der Waals surface area contributed by atoms with Gasteiger partial charge in [0.2, 0.25) is 0 Å². The van der Waals surface area contributed by atoms with Gasteiger partial charge in [-0.1, -0.05) is 24.3 Å². The number of nitrogens with zero attached hydrogens (tertiary/aromatic N) is 2. The Kier molecular flexibility index (Phi) is 9.68. The number of hydrogen-bond acceptors (Lipinski definition) is 5. The Balaban J connectivity index is 1.58. The predicted octanol–water partition coefficient (Wildman–Crippen LogP) is 6.73. The highest BCUT2D eigenvalue weighted by Crippen LogP contribution is 2.39. The summed E-state index contributed by atoms with van der Waals surface area (Å²) in [5.41, 5.74) is 0.258. The van der Waals surface area contributed by atoms with E-state index in [1.165, 1.54) is 0 Å². The third kappa shape index (κ3) is 7.07. The van der Waals surface area contributed by atoms with Crippen LogP contribution in [0.15, 0.2) is 48.7 Å². The van der Waals surface area contributed by atoms with Crippen LogP contribution in [-0.2, 0) is 22.3 Å². The summed E-state index contributed by atoms with van der Waals surface area (Å²) < 4.78 is 47.0. The van der Waals surface area contributed by atoms with Crippen molar-refractivity contribution in [3.63, 3.8) is 0 Å². The first kappa shape index (κ1) is 30.5. The van der Waals surface area contributed by atoms with Crippen molar-refractivity contribution in [2.45, 2.75) is 59.2 Å². The molecule has 1 amide bonds. The van der Waals surface area contributed by atoms with Crippen molar-refractivity contribution in [1.82, 2.24) is 10.3 Å². The monoisotopic (exact) mass is 569 g/mol. The molecule has 0 radical (unpaired) electrons. The molecule has 1 N–H and O–H groups in total. The van der Waals surface area contributed by atoms with Crippen molar-refractivity contribution < 1.29 is 27.5 Å². The van der Waals surface area contributed by atoms with E-state index in [-0.39, 0.29) is 11.5 Å². The van der Waals surface area contributed by atoms with Gasteiger partial charge in [-0.3, -0.25) is 9.78 Å². The molecule has 6 nitrogen and oxygen atoms in total. The summed E-state index contributed by atoms with van der Waals surface area (Å²) in [6, 6.07) is 11.8. The standard InChI is InChI=1S/C32H38F3N3O3/c1-4-38(19-28-26-9-7-6-8-24(26)12-15-36-28)29-22(3)16-25(32(33,34)35)17-27(29)30(40)37-18-23-10-13-31(20-39,14-11-23)21-41-5-2/h6-9,12,15-17,20,23H,4-5,10-11,13-14,18-19,21H2,1-3H3,(H,37,40). The Labute approximate surface area is 239 Å². The summed E-state index contributed by atoms with van der Waals surface area (Å²) in [4.78, 5) is 31.8. The summed E-state index contributed by atoms with van der Waals surface area (Å²) in [7, 11) is 0. The third-order valence-corrected chi connectivity index (χ3v) is 8.16. The van der Waals surface area contributed by atoms with Crippen LogP contribution in [0.3, 0.4) is 0 Å². The van der Waals surface area contributed by atoms with Crippen LogP contribution in [0.25, 0.3) is 10.8 Å². The predicted molar refractivity (Wildman–Crippen MR) is 154 cm³/mol. The number of carbonyl (C=O) groups is 2. The fourth-order valence-corrected chi connectivity index (χ4v) is 5.76. The summed E-state index contributed by atoms with van der Waals surface area (Å²) in [5, 5.41) is 4.88. The lowest BCUT2D eigenvalue weighted by atomic mass is 9.72. The second-order valence-electron chi connectivity index (χ2n) is 11.0. The molecule has 1 aromatic heterocycles. The van der Waals surface area contributed by atoms with Crippen molar-refractivity contribution in [3.8, 4) is 0 Å². The summed E-state index contributed by atoms with van der Waals surface area (Å²) in [6.45, 7) is 7.47. The molecule has 1 saturated carbocycles. The Bertz CT molecular complexity index is 1360. The second-order valence-corrected chi connectivity index (χ2v) is 11.0. The van der Waals surface area contributed by atoms with Gasteiger partial charge < -0.3 is 19.7 Å². The summed E-state index contributed by atoms with van der Waals surface area (Å²) in [5.74, 6) is -0.411. The molecule has 0 bridgehead atoms. The number of halogens is 3. The number of aryl methyl sites for hydroxylation is 1. The average Bonchev–Trinajstić information content (AvgIpc) is 2.97. The Morgan fingerprint density at radius 3 is 2.56 bits per heavy atom. The quantitative estimate of drug-likeness (QED) is 0.259. The first-order valence-corrected chi connectivity index (χ1v) is 14.2. The van der Waals surface area contributed by atoms with Crippen molar-refractivity contribution >= 4 is 28.7 Å². The van der Waals surface area contributed by atoms with Crippen LogP contribution in [0.2, 0.25) is 0 Å². The van der Waals surface area contributed by atoms with Gasteiger partial charge in [0.25, 0.3) is 5.91 Å². The fourth-order valence-electron chi connectivity index (χ4n) is 5.76. The van der Waals surface area contributed by atoms with Gasteiger partial charge in [-0.15, -0.1) is 0 Å². The van der Waals surface area contributed by atoms with E-state index in [4.69, 9.17) is 4.74 Å². The van der Waals surface area contributed by atoms with Crippen LogP contribution < -0.4 is 10.2 Å². The molecule has 1 heterocycles. The molecule has 220 valence electrons. The maximum atomic E-state index is 13.8. The van der Waals surface area contributed by atoms with E-state index in [2.05, 4.69) is 10.3 Å². The zero-order valence-electron chi connectivity index (χ0n) is 23.9. The molecule has 0 saturated heterocycles. The minimum Gasteiger partial charge on any atom is -0.381 e. The van der Waals surface area contributed by atoms with Crippen LogP contribution in [0, 0.1) is 18.3 Å². The molecule has 3 aromatic rings. The van der Waals surface area contributed by atoms with Gasteiger partial charge in [0.15, 0.2) is 0 Å². The van der Waals surface area contributed by atoms with Gasteiger partial charge in [-0.05, 0) is 81.5 Å². The van der Waals surface area contributed by atoms with E-state index in [1.807, 2.05) is 49.1 Å². The topological polar surface area (TPSA) is 71.5 Å². The number of amides is 1. The van der Waals surface area contributed by atoms with E-state index in [1.54, 1.807) is 13.1 Å². The first-order valence-electron chi connectivity index (χ1n) is 14.2. The molecule has 9 heteroatoms.